The average Bonchev–Trinajstić information content (AvgIpc) is 2.92. The van der Waals surface area contributed by atoms with Crippen LogP contribution in [0, 0.1) is 13.8 Å². The van der Waals surface area contributed by atoms with Crippen molar-refractivity contribution in [2.75, 3.05) is 14.1 Å². The third-order valence-electron chi connectivity index (χ3n) is 4.70. The van der Waals surface area contributed by atoms with Crippen LogP contribution in [0.1, 0.15) is 46.0 Å². The number of aromatic nitrogens is 2. The Morgan fingerprint density at radius 3 is 2.45 bits per heavy atom. The minimum Gasteiger partial charge on any atom is -0.459 e. The number of aryl methyl sites for hydroxylation is 2. The summed E-state index contributed by atoms with van der Waals surface area (Å²) in [5.41, 5.74) is 2.41. The van der Waals surface area contributed by atoms with Crippen molar-refractivity contribution in [3.05, 3.63) is 62.0 Å². The van der Waals surface area contributed by atoms with Crippen molar-refractivity contribution in [2.45, 2.75) is 46.9 Å². The molecule has 3 aromatic rings. The lowest BCUT2D eigenvalue weighted by molar-refractivity contribution is 0.0378. The Balaban J connectivity index is 2.00. The first-order valence-corrected chi connectivity index (χ1v) is 10.4. The van der Waals surface area contributed by atoms with Gasteiger partial charge in [-0.15, -0.1) is 11.3 Å². The van der Waals surface area contributed by atoms with Gasteiger partial charge in [0.25, 0.3) is 5.56 Å². The summed E-state index contributed by atoms with van der Waals surface area (Å²) in [5, 5.41) is 0.701. The first-order valence-electron chi connectivity index (χ1n) is 9.61. The molecule has 0 bridgehead atoms. The van der Waals surface area contributed by atoms with Crippen LogP contribution in [0.5, 0.6) is 0 Å². The predicted molar refractivity (Wildman–Crippen MR) is 117 cm³/mol. The van der Waals surface area contributed by atoms with E-state index in [1.807, 2.05) is 58.8 Å². The third kappa shape index (κ3) is 4.57. The van der Waals surface area contributed by atoms with Gasteiger partial charge in [-0.3, -0.25) is 9.36 Å². The molecule has 1 aromatic carbocycles. The minimum absolute atomic E-state index is 0.0167. The molecule has 0 aliphatic carbocycles. The van der Waals surface area contributed by atoms with Crippen molar-refractivity contribution in [3.63, 3.8) is 0 Å². The van der Waals surface area contributed by atoms with Crippen LogP contribution >= 0.6 is 11.3 Å². The lowest BCUT2D eigenvalue weighted by atomic mass is 10.1. The van der Waals surface area contributed by atoms with Crippen molar-refractivity contribution in [2.24, 2.45) is 0 Å². The van der Waals surface area contributed by atoms with Gasteiger partial charge in [0.2, 0.25) is 0 Å². The molecule has 6 nitrogen and oxygen atoms in total. The monoisotopic (exact) mass is 413 g/mol. The molecular weight excluding hydrogens is 386 g/mol. The number of benzene rings is 1. The highest BCUT2D eigenvalue weighted by Gasteiger charge is 2.17. The topological polar surface area (TPSA) is 64.4 Å². The highest BCUT2D eigenvalue weighted by Crippen LogP contribution is 2.26. The smallest absolute Gasteiger partial charge is 0.338 e. The van der Waals surface area contributed by atoms with Gasteiger partial charge in [0, 0.05) is 4.88 Å². The van der Waals surface area contributed by atoms with Gasteiger partial charge in [0.05, 0.1) is 30.1 Å². The first kappa shape index (κ1) is 21.2. The summed E-state index contributed by atoms with van der Waals surface area (Å²) in [6.07, 6.45) is -0.163. The van der Waals surface area contributed by atoms with E-state index in [0.29, 0.717) is 24.0 Å². The summed E-state index contributed by atoms with van der Waals surface area (Å²) >= 11 is 1.56. The summed E-state index contributed by atoms with van der Waals surface area (Å²) in [6.45, 7) is 8.61. The zero-order chi connectivity index (χ0) is 21.3. The van der Waals surface area contributed by atoms with Crippen LogP contribution < -0.4 is 5.56 Å². The van der Waals surface area contributed by atoms with Crippen LogP contribution in [0.4, 0.5) is 0 Å². The largest absolute Gasteiger partial charge is 0.459 e. The minimum atomic E-state index is -0.343. The normalized spacial score (nSPS) is 11.6. The lowest BCUT2D eigenvalue weighted by Crippen LogP contribution is -2.28. The van der Waals surface area contributed by atoms with Crippen molar-refractivity contribution in [1.82, 2.24) is 14.5 Å². The zero-order valence-electron chi connectivity index (χ0n) is 17.8. The molecule has 0 fully saturated rings. The Bertz CT molecular complexity index is 1100. The molecule has 2 heterocycles. The van der Waals surface area contributed by atoms with E-state index in [4.69, 9.17) is 9.72 Å². The van der Waals surface area contributed by atoms with Gasteiger partial charge in [-0.05, 0) is 65.0 Å². The van der Waals surface area contributed by atoms with Gasteiger partial charge < -0.3 is 9.64 Å². The van der Waals surface area contributed by atoms with E-state index < -0.39 is 0 Å². The zero-order valence-corrected chi connectivity index (χ0v) is 18.6. The number of fused-ring (bicyclic) bond motifs is 1. The molecular formula is C22H27N3O3S. The van der Waals surface area contributed by atoms with Gasteiger partial charge in [-0.2, -0.15) is 0 Å². The molecule has 0 N–H and O–H groups in total. The molecule has 7 heteroatoms. The molecule has 0 aliphatic heterocycles. The van der Waals surface area contributed by atoms with E-state index in [1.165, 1.54) is 0 Å². The SMILES string of the molecule is Cc1sc2nc(CN(C)C)n(Cc3ccc(C(=O)OC(C)C)cc3)c(=O)c2c1C. The van der Waals surface area contributed by atoms with E-state index in [1.54, 1.807) is 28.0 Å². The highest BCUT2D eigenvalue weighted by molar-refractivity contribution is 7.18. The van der Waals surface area contributed by atoms with Crippen molar-refractivity contribution in [1.29, 1.82) is 0 Å². The summed E-state index contributed by atoms with van der Waals surface area (Å²) < 4.78 is 6.97. The molecule has 2 aromatic heterocycles. The standard InChI is InChI=1S/C22H27N3O3S/c1-13(2)28-22(27)17-9-7-16(8-10-17)11-25-18(12-24(5)6)23-20-19(21(25)26)14(3)15(4)29-20/h7-10,13H,11-12H2,1-6H3. The van der Waals surface area contributed by atoms with E-state index in [2.05, 4.69) is 0 Å². The second kappa shape index (κ2) is 8.47. The first-order chi connectivity index (χ1) is 13.7. The maximum Gasteiger partial charge on any atom is 0.338 e. The molecule has 3 rings (SSSR count). The summed E-state index contributed by atoms with van der Waals surface area (Å²) in [6, 6.07) is 7.20. The molecule has 0 saturated carbocycles. The summed E-state index contributed by atoms with van der Waals surface area (Å²) in [4.78, 5) is 34.1. The van der Waals surface area contributed by atoms with E-state index in [0.717, 1.165) is 26.7 Å². The second-order valence-electron chi connectivity index (χ2n) is 7.77. The van der Waals surface area contributed by atoms with Gasteiger partial charge >= 0.3 is 5.97 Å². The fourth-order valence-electron chi connectivity index (χ4n) is 3.15. The molecule has 0 saturated heterocycles. The number of rotatable bonds is 6. The van der Waals surface area contributed by atoms with Gasteiger partial charge in [-0.1, -0.05) is 12.1 Å². The number of thiophene rings is 1. The number of hydrogen-bond donors (Lipinski definition) is 0. The highest BCUT2D eigenvalue weighted by atomic mass is 32.1. The Kier molecular flexibility index (Phi) is 6.19. The van der Waals surface area contributed by atoms with Crippen molar-refractivity contribution >= 4 is 27.5 Å². The Morgan fingerprint density at radius 1 is 1.21 bits per heavy atom. The van der Waals surface area contributed by atoms with Crippen molar-refractivity contribution < 1.29 is 9.53 Å². The van der Waals surface area contributed by atoms with E-state index in [9.17, 15) is 9.59 Å². The maximum absolute atomic E-state index is 13.3. The number of hydrogen-bond acceptors (Lipinski definition) is 6. The fraction of sp³-hybridized carbons (Fsp3) is 0.409. The number of nitrogens with zero attached hydrogens (tertiary/aromatic N) is 3. The van der Waals surface area contributed by atoms with Gasteiger partial charge in [0.1, 0.15) is 10.7 Å². The second-order valence-corrected chi connectivity index (χ2v) is 8.97. The molecule has 0 radical (unpaired) electrons. The molecule has 0 atom stereocenters. The molecule has 29 heavy (non-hydrogen) atoms. The summed E-state index contributed by atoms with van der Waals surface area (Å²) in [7, 11) is 3.92. The van der Waals surface area contributed by atoms with E-state index in [-0.39, 0.29) is 17.6 Å². The molecule has 0 amide bonds. The lowest BCUT2D eigenvalue weighted by Gasteiger charge is -2.16. The number of carbonyl (C=O) groups excluding carboxylic acids is 1. The molecule has 0 spiro atoms. The predicted octanol–water partition coefficient (Wildman–Crippen LogP) is 3.75. The van der Waals surface area contributed by atoms with Crippen LogP contribution in [0.2, 0.25) is 0 Å². The molecule has 0 unspecified atom stereocenters. The quantitative estimate of drug-likeness (QED) is 0.576. The Labute approximate surface area is 174 Å². The van der Waals surface area contributed by atoms with Crippen LogP contribution in [0.3, 0.4) is 0 Å². The average molecular weight is 414 g/mol. The van der Waals surface area contributed by atoms with Crippen LogP contribution in [0.15, 0.2) is 29.1 Å². The van der Waals surface area contributed by atoms with Gasteiger partial charge in [0.15, 0.2) is 0 Å². The Morgan fingerprint density at radius 2 is 1.86 bits per heavy atom. The van der Waals surface area contributed by atoms with E-state index >= 15 is 0 Å². The molecule has 0 aliphatic rings. The number of carbonyl (C=O) groups is 1. The van der Waals surface area contributed by atoms with Crippen LogP contribution in [0.25, 0.3) is 10.2 Å². The van der Waals surface area contributed by atoms with Crippen LogP contribution in [-0.4, -0.2) is 40.6 Å². The fourth-order valence-corrected chi connectivity index (χ4v) is 4.19. The number of esters is 1. The summed E-state index contributed by atoms with van der Waals surface area (Å²) in [5.74, 6) is 0.390. The molecule has 154 valence electrons. The van der Waals surface area contributed by atoms with Crippen LogP contribution in [-0.2, 0) is 17.8 Å². The number of ether oxygens (including phenoxy) is 1. The maximum atomic E-state index is 13.3. The van der Waals surface area contributed by atoms with Gasteiger partial charge in [-0.25, -0.2) is 9.78 Å². The van der Waals surface area contributed by atoms with Crippen molar-refractivity contribution in [3.8, 4) is 0 Å². The third-order valence-corrected chi connectivity index (χ3v) is 5.80. The Hall–Kier alpha value is -2.51.